The van der Waals surface area contributed by atoms with Crippen LogP contribution < -0.4 is 4.74 Å². The zero-order chi connectivity index (χ0) is 15.2. The van der Waals surface area contributed by atoms with Crippen molar-refractivity contribution in [1.29, 1.82) is 0 Å². The van der Waals surface area contributed by atoms with E-state index in [1.54, 1.807) is 19.2 Å². The maximum Gasteiger partial charge on any atom is 0.337 e. The highest BCUT2D eigenvalue weighted by Crippen LogP contribution is 2.25. The number of carbonyl (C=O) groups excluding carboxylic acids is 1. The van der Waals surface area contributed by atoms with E-state index in [2.05, 4.69) is 20.4 Å². The van der Waals surface area contributed by atoms with Crippen LogP contribution in [0.1, 0.15) is 29.8 Å². The van der Waals surface area contributed by atoms with Gasteiger partial charge in [0.1, 0.15) is 5.75 Å². The second-order valence-corrected chi connectivity index (χ2v) is 7.00. The summed E-state index contributed by atoms with van der Waals surface area (Å²) in [5.41, 5.74) is 1.40. The van der Waals surface area contributed by atoms with E-state index in [1.807, 2.05) is 6.07 Å². The van der Waals surface area contributed by atoms with Crippen LogP contribution in [-0.4, -0.2) is 36.3 Å². The van der Waals surface area contributed by atoms with Gasteiger partial charge in [-0.2, -0.15) is 0 Å². The Labute approximate surface area is 123 Å². The molecular weight excluding hydrogens is 272 g/mol. The molecule has 0 spiro atoms. The van der Waals surface area contributed by atoms with Crippen LogP contribution in [0.25, 0.3) is 0 Å². The fourth-order valence-corrected chi connectivity index (χ4v) is 1.84. The Morgan fingerprint density at radius 3 is 2.55 bits per heavy atom. The van der Waals surface area contributed by atoms with Crippen molar-refractivity contribution >= 4 is 15.5 Å². The molecule has 0 aliphatic rings. The third-order valence-corrected chi connectivity index (χ3v) is 4.60. The molecule has 0 aliphatic heterocycles. The zero-order valence-corrected chi connectivity index (χ0v) is 13.8. The molecule has 1 rings (SSSR count). The van der Waals surface area contributed by atoms with Crippen molar-refractivity contribution in [2.45, 2.75) is 32.0 Å². The Hall–Kier alpha value is -1.33. The molecule has 0 atom stereocenters. The Kier molecular flexibility index (Phi) is 6.23. The highest BCUT2D eigenvalue weighted by Gasteiger charge is 2.16. The van der Waals surface area contributed by atoms with E-state index in [9.17, 15) is 4.79 Å². The van der Waals surface area contributed by atoms with Crippen molar-refractivity contribution in [2.75, 3.05) is 20.8 Å². The van der Waals surface area contributed by atoms with Gasteiger partial charge >= 0.3 is 5.97 Å². The number of esters is 1. The Morgan fingerprint density at radius 1 is 1.30 bits per heavy atom. The average molecular weight is 294 g/mol. The first-order valence-corrected chi connectivity index (χ1v) is 7.95. The predicted molar refractivity (Wildman–Crippen MR) is 79.6 cm³/mol. The fraction of sp³-hybridized carbons (Fsp3) is 0.533. The molecule has 5 heteroatoms. The molecule has 1 aromatic rings. The van der Waals surface area contributed by atoms with Crippen LogP contribution >= 0.6 is 0 Å². The van der Waals surface area contributed by atoms with E-state index >= 15 is 0 Å². The van der Waals surface area contributed by atoms with Crippen LogP contribution in [0.5, 0.6) is 5.75 Å². The molecule has 0 fully saturated rings. The number of hydrogen-bond donors (Lipinski definition) is 0. The molecule has 0 N–H and O–H groups in total. The molecule has 0 saturated carbocycles. The maximum atomic E-state index is 11.5. The lowest BCUT2D eigenvalue weighted by Crippen LogP contribution is -2.17. The Morgan fingerprint density at radius 2 is 2.00 bits per heavy atom. The van der Waals surface area contributed by atoms with Crippen molar-refractivity contribution in [3.05, 3.63) is 29.3 Å². The van der Waals surface area contributed by atoms with E-state index in [4.69, 9.17) is 14.2 Å². The summed E-state index contributed by atoms with van der Waals surface area (Å²) in [7, 11) is 3.77. The number of hydrogen-bond acceptors (Lipinski definition) is 4. The van der Waals surface area contributed by atoms with E-state index in [0.29, 0.717) is 24.5 Å². The van der Waals surface area contributed by atoms with Gasteiger partial charge < -0.3 is 14.2 Å². The first kappa shape index (κ1) is 16.7. The van der Waals surface area contributed by atoms with E-state index < -0.39 is 0 Å². The molecule has 0 heterocycles. The Bertz CT molecular complexity index is 457. The molecule has 110 valence electrons. The largest absolute Gasteiger partial charge is 0.496 e. The molecule has 0 saturated heterocycles. The average Bonchev–Trinajstić information content (AvgIpc) is 2.46. The standard InChI is InChI=1S/C15H22O4Si/c1-15(2,20-5)10-19-9-12-7-6-11(14(16)18-4)8-13(12)17-3/h6-8H,9-10H2,1-5H3. The summed E-state index contributed by atoms with van der Waals surface area (Å²) in [6.07, 6.45) is 0. The summed E-state index contributed by atoms with van der Waals surface area (Å²) in [5.74, 6) is 0.272. The summed E-state index contributed by atoms with van der Waals surface area (Å²) in [4.78, 5) is 11.5. The van der Waals surface area contributed by atoms with Gasteiger partial charge in [0, 0.05) is 21.7 Å². The van der Waals surface area contributed by atoms with Crippen LogP contribution in [0.15, 0.2) is 18.2 Å². The molecule has 0 aliphatic carbocycles. The predicted octanol–water partition coefficient (Wildman–Crippen LogP) is 2.95. The number of benzene rings is 1. The van der Waals surface area contributed by atoms with Gasteiger partial charge in [-0.1, -0.05) is 26.5 Å². The topological polar surface area (TPSA) is 44.8 Å². The quantitative estimate of drug-likeness (QED) is 0.573. The Balaban J connectivity index is 2.73. The molecular formula is C15H22O4Si. The highest BCUT2D eigenvalue weighted by atomic mass is 28.2. The fourth-order valence-electron chi connectivity index (χ4n) is 1.60. The van der Waals surface area contributed by atoms with Crippen LogP contribution in [0.2, 0.25) is 11.6 Å². The lowest BCUT2D eigenvalue weighted by Gasteiger charge is -2.22. The van der Waals surface area contributed by atoms with Gasteiger partial charge in [-0.25, -0.2) is 4.79 Å². The molecule has 1 aromatic carbocycles. The van der Waals surface area contributed by atoms with Gasteiger partial charge in [0.2, 0.25) is 0 Å². The minimum absolute atomic E-state index is 0.194. The summed E-state index contributed by atoms with van der Waals surface area (Å²) >= 11 is 0. The third kappa shape index (κ3) is 4.65. The lowest BCUT2D eigenvalue weighted by atomic mass is 10.1. The van der Waals surface area contributed by atoms with Crippen molar-refractivity contribution in [3.8, 4) is 5.75 Å². The van der Waals surface area contributed by atoms with E-state index in [1.165, 1.54) is 7.11 Å². The van der Waals surface area contributed by atoms with Crippen LogP contribution in [0, 0.1) is 0 Å². The normalized spacial score (nSPS) is 11.2. The van der Waals surface area contributed by atoms with Gasteiger partial charge in [-0.05, 0) is 17.2 Å². The smallest absolute Gasteiger partial charge is 0.337 e. The molecule has 2 radical (unpaired) electrons. The SMILES string of the molecule is COC(=O)c1ccc(COCC(C)(C)[Si]C)c(OC)c1. The van der Waals surface area contributed by atoms with Crippen molar-refractivity contribution in [2.24, 2.45) is 0 Å². The van der Waals surface area contributed by atoms with Crippen LogP contribution in [-0.2, 0) is 16.1 Å². The second-order valence-electron chi connectivity index (χ2n) is 5.14. The molecule has 0 amide bonds. The maximum absolute atomic E-state index is 11.5. The first-order valence-electron chi connectivity index (χ1n) is 6.45. The molecule has 4 nitrogen and oxygen atoms in total. The van der Waals surface area contributed by atoms with Crippen LogP contribution in [0.3, 0.4) is 0 Å². The molecule has 0 unspecified atom stereocenters. The van der Waals surface area contributed by atoms with Gasteiger partial charge in [0.25, 0.3) is 0 Å². The van der Waals surface area contributed by atoms with E-state index in [-0.39, 0.29) is 11.0 Å². The summed E-state index contributed by atoms with van der Waals surface area (Å²) < 4.78 is 15.8. The number of carbonyl (C=O) groups is 1. The molecule has 0 aromatic heterocycles. The van der Waals surface area contributed by atoms with Crippen molar-refractivity contribution in [1.82, 2.24) is 0 Å². The van der Waals surface area contributed by atoms with Gasteiger partial charge in [0.05, 0.1) is 26.4 Å². The highest BCUT2D eigenvalue weighted by molar-refractivity contribution is 6.37. The minimum Gasteiger partial charge on any atom is -0.496 e. The number of ether oxygens (including phenoxy) is 3. The van der Waals surface area contributed by atoms with Gasteiger partial charge in [-0.15, -0.1) is 0 Å². The second kappa shape index (κ2) is 7.45. The monoisotopic (exact) mass is 294 g/mol. The lowest BCUT2D eigenvalue weighted by molar-refractivity contribution is 0.0600. The summed E-state index contributed by atoms with van der Waals surface area (Å²) in [6.45, 7) is 7.71. The molecule has 20 heavy (non-hydrogen) atoms. The third-order valence-electron chi connectivity index (χ3n) is 3.11. The van der Waals surface area contributed by atoms with Crippen molar-refractivity contribution < 1.29 is 19.0 Å². The first-order chi connectivity index (χ1) is 9.43. The van der Waals surface area contributed by atoms with Gasteiger partial charge in [0.15, 0.2) is 0 Å². The summed E-state index contributed by atoms with van der Waals surface area (Å²) in [5, 5.41) is 0.194. The van der Waals surface area contributed by atoms with E-state index in [0.717, 1.165) is 15.1 Å². The zero-order valence-electron chi connectivity index (χ0n) is 12.8. The molecule has 0 bridgehead atoms. The number of methoxy groups -OCH3 is 2. The summed E-state index contributed by atoms with van der Waals surface area (Å²) in [6, 6.07) is 5.24. The minimum atomic E-state index is -0.371. The van der Waals surface area contributed by atoms with Gasteiger partial charge in [-0.3, -0.25) is 0 Å². The number of rotatable bonds is 7. The van der Waals surface area contributed by atoms with Crippen LogP contribution in [0.4, 0.5) is 0 Å². The van der Waals surface area contributed by atoms with Crippen molar-refractivity contribution in [3.63, 3.8) is 0 Å².